The SMILES string of the molecule is CCCCCCCCCCC(N)C1(OC)CCOCC1. The molecule has 0 bridgehead atoms. The molecule has 0 aromatic heterocycles. The predicted octanol–water partition coefficient (Wildman–Crippen LogP) is 4.04. The molecule has 1 atom stereocenters. The second kappa shape index (κ2) is 10.6. The van der Waals surface area contributed by atoms with Gasteiger partial charge < -0.3 is 15.2 Å². The van der Waals surface area contributed by atoms with Gasteiger partial charge in [-0.1, -0.05) is 58.3 Å². The normalized spacial score (nSPS) is 19.9. The van der Waals surface area contributed by atoms with E-state index in [-0.39, 0.29) is 11.6 Å². The topological polar surface area (TPSA) is 44.5 Å². The second-order valence-corrected chi connectivity index (χ2v) is 6.25. The number of ether oxygens (including phenoxy) is 2. The van der Waals surface area contributed by atoms with Gasteiger partial charge >= 0.3 is 0 Å². The molecule has 20 heavy (non-hydrogen) atoms. The number of hydrogen-bond donors (Lipinski definition) is 1. The Labute approximate surface area is 125 Å². The standard InChI is InChI=1S/C17H35NO2/c1-3-4-5-6-7-8-9-10-11-16(18)17(19-2)12-14-20-15-13-17/h16H,3-15,18H2,1-2H3. The molecule has 1 aliphatic rings. The average molecular weight is 285 g/mol. The molecule has 0 radical (unpaired) electrons. The van der Waals surface area contributed by atoms with E-state index in [4.69, 9.17) is 15.2 Å². The number of nitrogens with two attached hydrogens (primary N) is 1. The van der Waals surface area contributed by atoms with Gasteiger partial charge in [-0.15, -0.1) is 0 Å². The highest BCUT2D eigenvalue weighted by Gasteiger charge is 2.38. The molecule has 0 saturated carbocycles. The van der Waals surface area contributed by atoms with Gasteiger partial charge in [-0.05, 0) is 6.42 Å². The van der Waals surface area contributed by atoms with Crippen molar-refractivity contribution in [1.82, 2.24) is 0 Å². The van der Waals surface area contributed by atoms with Gasteiger partial charge in [0.15, 0.2) is 0 Å². The Kier molecular flexibility index (Phi) is 9.49. The molecule has 0 amide bonds. The zero-order chi connectivity index (χ0) is 14.7. The van der Waals surface area contributed by atoms with Crippen LogP contribution in [0.3, 0.4) is 0 Å². The Hall–Kier alpha value is -0.120. The second-order valence-electron chi connectivity index (χ2n) is 6.25. The molecule has 3 heteroatoms. The third kappa shape index (κ3) is 6.11. The number of rotatable bonds is 11. The number of unbranched alkanes of at least 4 members (excludes halogenated alkanes) is 7. The molecule has 1 unspecified atom stereocenters. The molecule has 0 aliphatic carbocycles. The maximum absolute atomic E-state index is 6.39. The highest BCUT2D eigenvalue weighted by Crippen LogP contribution is 2.29. The summed E-state index contributed by atoms with van der Waals surface area (Å²) >= 11 is 0. The molecule has 2 N–H and O–H groups in total. The van der Waals surface area contributed by atoms with Crippen LogP contribution in [0.4, 0.5) is 0 Å². The van der Waals surface area contributed by atoms with Crippen LogP contribution in [0.25, 0.3) is 0 Å². The van der Waals surface area contributed by atoms with Gasteiger partial charge in [0.05, 0.1) is 5.60 Å². The summed E-state index contributed by atoms with van der Waals surface area (Å²) in [5.41, 5.74) is 6.27. The van der Waals surface area contributed by atoms with Crippen molar-refractivity contribution in [1.29, 1.82) is 0 Å². The monoisotopic (exact) mass is 285 g/mol. The maximum atomic E-state index is 6.39. The van der Waals surface area contributed by atoms with E-state index in [1.54, 1.807) is 7.11 Å². The van der Waals surface area contributed by atoms with Crippen LogP contribution >= 0.6 is 0 Å². The van der Waals surface area contributed by atoms with Crippen molar-refractivity contribution in [2.75, 3.05) is 20.3 Å². The summed E-state index contributed by atoms with van der Waals surface area (Å²) in [6, 6.07) is 0.163. The summed E-state index contributed by atoms with van der Waals surface area (Å²) in [5.74, 6) is 0. The average Bonchev–Trinajstić information content (AvgIpc) is 2.50. The minimum absolute atomic E-state index is 0.126. The molecule has 0 aromatic carbocycles. The molecule has 1 rings (SSSR count). The van der Waals surface area contributed by atoms with Gasteiger partial charge in [0.1, 0.15) is 0 Å². The zero-order valence-corrected chi connectivity index (χ0v) is 13.7. The van der Waals surface area contributed by atoms with Crippen molar-refractivity contribution in [3.63, 3.8) is 0 Å². The molecule has 120 valence electrons. The van der Waals surface area contributed by atoms with E-state index in [1.807, 2.05) is 0 Å². The Morgan fingerprint density at radius 1 is 1.00 bits per heavy atom. The highest BCUT2D eigenvalue weighted by atomic mass is 16.5. The predicted molar refractivity (Wildman–Crippen MR) is 85.0 cm³/mol. The summed E-state index contributed by atoms with van der Waals surface area (Å²) in [5, 5.41) is 0. The molecule has 1 fully saturated rings. The largest absolute Gasteiger partial charge is 0.381 e. The fourth-order valence-corrected chi connectivity index (χ4v) is 3.20. The van der Waals surface area contributed by atoms with E-state index < -0.39 is 0 Å². The van der Waals surface area contributed by atoms with Crippen molar-refractivity contribution in [2.24, 2.45) is 5.73 Å². The summed E-state index contributed by atoms with van der Waals surface area (Å²) in [7, 11) is 1.80. The minimum atomic E-state index is -0.126. The Balaban J connectivity index is 2.08. The van der Waals surface area contributed by atoms with Crippen LogP contribution in [0.5, 0.6) is 0 Å². The fraction of sp³-hybridized carbons (Fsp3) is 1.00. The van der Waals surface area contributed by atoms with Gasteiger partial charge in [0.25, 0.3) is 0 Å². The Morgan fingerprint density at radius 2 is 1.55 bits per heavy atom. The van der Waals surface area contributed by atoms with Crippen LogP contribution in [-0.4, -0.2) is 32.0 Å². The van der Waals surface area contributed by atoms with E-state index in [9.17, 15) is 0 Å². The smallest absolute Gasteiger partial charge is 0.0872 e. The first-order valence-electron chi connectivity index (χ1n) is 8.63. The van der Waals surface area contributed by atoms with E-state index in [2.05, 4.69) is 6.92 Å². The summed E-state index contributed by atoms with van der Waals surface area (Å²) in [4.78, 5) is 0. The first kappa shape index (κ1) is 17.9. The van der Waals surface area contributed by atoms with Crippen LogP contribution in [0.15, 0.2) is 0 Å². The van der Waals surface area contributed by atoms with Crippen molar-refractivity contribution >= 4 is 0 Å². The molecular weight excluding hydrogens is 250 g/mol. The van der Waals surface area contributed by atoms with E-state index in [0.717, 1.165) is 32.5 Å². The van der Waals surface area contributed by atoms with Crippen LogP contribution in [0.1, 0.15) is 77.6 Å². The lowest BCUT2D eigenvalue weighted by atomic mass is 9.83. The van der Waals surface area contributed by atoms with Gasteiger partial charge in [-0.3, -0.25) is 0 Å². The zero-order valence-electron chi connectivity index (χ0n) is 13.7. The summed E-state index contributed by atoms with van der Waals surface area (Å²) < 4.78 is 11.2. The Bertz CT molecular complexity index is 227. The van der Waals surface area contributed by atoms with Crippen molar-refractivity contribution < 1.29 is 9.47 Å². The Morgan fingerprint density at radius 3 is 2.10 bits per heavy atom. The lowest BCUT2D eigenvalue weighted by molar-refractivity contribution is -0.105. The van der Waals surface area contributed by atoms with Gasteiger partial charge in [-0.2, -0.15) is 0 Å². The molecular formula is C17H35NO2. The maximum Gasteiger partial charge on any atom is 0.0872 e. The first-order valence-corrected chi connectivity index (χ1v) is 8.63. The minimum Gasteiger partial charge on any atom is -0.381 e. The molecule has 1 heterocycles. The van der Waals surface area contributed by atoms with Crippen molar-refractivity contribution in [2.45, 2.75) is 89.2 Å². The van der Waals surface area contributed by atoms with Crippen LogP contribution in [0, 0.1) is 0 Å². The van der Waals surface area contributed by atoms with Crippen LogP contribution in [-0.2, 0) is 9.47 Å². The van der Waals surface area contributed by atoms with E-state index in [1.165, 1.54) is 51.4 Å². The third-order valence-corrected chi connectivity index (χ3v) is 4.79. The highest BCUT2D eigenvalue weighted by molar-refractivity contribution is 4.92. The van der Waals surface area contributed by atoms with Crippen LogP contribution in [0.2, 0.25) is 0 Å². The molecule has 1 aliphatic heterocycles. The lowest BCUT2D eigenvalue weighted by Gasteiger charge is -2.40. The van der Waals surface area contributed by atoms with Gasteiger partial charge in [0, 0.05) is 39.2 Å². The lowest BCUT2D eigenvalue weighted by Crippen LogP contribution is -2.52. The summed E-state index contributed by atoms with van der Waals surface area (Å²) in [6.07, 6.45) is 13.8. The third-order valence-electron chi connectivity index (χ3n) is 4.79. The van der Waals surface area contributed by atoms with Crippen molar-refractivity contribution in [3.8, 4) is 0 Å². The fourth-order valence-electron chi connectivity index (χ4n) is 3.20. The quantitative estimate of drug-likeness (QED) is 0.583. The van der Waals surface area contributed by atoms with E-state index >= 15 is 0 Å². The van der Waals surface area contributed by atoms with E-state index in [0.29, 0.717) is 0 Å². The molecule has 0 aromatic rings. The first-order chi connectivity index (χ1) is 9.75. The van der Waals surface area contributed by atoms with Crippen molar-refractivity contribution in [3.05, 3.63) is 0 Å². The van der Waals surface area contributed by atoms with Crippen LogP contribution < -0.4 is 5.73 Å². The molecule has 1 saturated heterocycles. The molecule has 3 nitrogen and oxygen atoms in total. The van der Waals surface area contributed by atoms with Gasteiger partial charge in [0.2, 0.25) is 0 Å². The van der Waals surface area contributed by atoms with Gasteiger partial charge in [-0.25, -0.2) is 0 Å². The molecule has 0 spiro atoms. The number of methoxy groups -OCH3 is 1. The summed E-state index contributed by atoms with van der Waals surface area (Å²) in [6.45, 7) is 3.85. The number of hydrogen-bond acceptors (Lipinski definition) is 3.